The fourth-order valence-corrected chi connectivity index (χ4v) is 3.04. The van der Waals surface area contributed by atoms with Crippen LogP contribution in [0.3, 0.4) is 0 Å². The molecule has 0 saturated carbocycles. The molecule has 1 N–H and O–H groups in total. The molecular weight excluding hydrogens is 264 g/mol. The van der Waals surface area contributed by atoms with Crippen molar-refractivity contribution >= 4 is 11.3 Å². The Morgan fingerprint density at radius 1 is 1.15 bits per heavy atom. The lowest BCUT2D eigenvalue weighted by atomic mass is 10.2. The second-order valence-corrected chi connectivity index (χ2v) is 6.25. The Kier molecular flexibility index (Phi) is 6.25. The Morgan fingerprint density at radius 3 is 2.65 bits per heavy atom. The van der Waals surface area contributed by atoms with Gasteiger partial charge in [0, 0.05) is 17.5 Å². The summed E-state index contributed by atoms with van der Waals surface area (Å²) in [4.78, 5) is 3.80. The minimum Gasteiger partial charge on any atom is -0.309 e. The van der Waals surface area contributed by atoms with Crippen LogP contribution in [0.4, 0.5) is 0 Å². The minimum atomic E-state index is 0.467. The molecule has 2 rings (SSSR count). The van der Waals surface area contributed by atoms with Crippen molar-refractivity contribution in [1.82, 2.24) is 10.2 Å². The molecule has 0 fully saturated rings. The fourth-order valence-electron chi connectivity index (χ4n) is 2.28. The second-order valence-electron chi connectivity index (χ2n) is 5.27. The molecule has 1 unspecified atom stereocenters. The van der Waals surface area contributed by atoms with Gasteiger partial charge in [0.05, 0.1) is 0 Å². The number of benzene rings is 1. The van der Waals surface area contributed by atoms with E-state index in [-0.39, 0.29) is 0 Å². The first kappa shape index (κ1) is 15.2. The van der Waals surface area contributed by atoms with E-state index in [0.717, 1.165) is 19.6 Å². The quantitative estimate of drug-likeness (QED) is 0.741. The first-order chi connectivity index (χ1) is 9.75. The standard InChI is InChI=1S/C17H24N2S/c1-15(17-10-6-13-20-17)18-11-7-12-19(2)14-16-8-4-3-5-9-16/h3-6,8-10,13,15,18H,7,11-12,14H2,1-2H3. The fraction of sp³-hybridized carbons (Fsp3) is 0.412. The summed E-state index contributed by atoms with van der Waals surface area (Å²) in [5.74, 6) is 0. The third-order valence-corrected chi connectivity index (χ3v) is 4.49. The summed E-state index contributed by atoms with van der Waals surface area (Å²) in [5, 5.41) is 5.73. The van der Waals surface area contributed by atoms with Gasteiger partial charge in [0.15, 0.2) is 0 Å². The van der Waals surface area contributed by atoms with Gasteiger partial charge in [-0.05, 0) is 50.5 Å². The maximum Gasteiger partial charge on any atom is 0.0386 e. The highest BCUT2D eigenvalue weighted by Crippen LogP contribution is 2.17. The SMILES string of the molecule is CC(NCCCN(C)Cc1ccccc1)c1cccs1. The Labute approximate surface area is 126 Å². The van der Waals surface area contributed by atoms with Crippen LogP contribution in [-0.4, -0.2) is 25.0 Å². The lowest BCUT2D eigenvalue weighted by Crippen LogP contribution is -2.25. The van der Waals surface area contributed by atoms with E-state index in [4.69, 9.17) is 0 Å². The molecule has 0 aliphatic carbocycles. The predicted molar refractivity (Wildman–Crippen MR) is 88.1 cm³/mol. The van der Waals surface area contributed by atoms with E-state index in [9.17, 15) is 0 Å². The maximum atomic E-state index is 3.59. The number of rotatable bonds is 8. The number of hydrogen-bond donors (Lipinski definition) is 1. The second kappa shape index (κ2) is 8.20. The minimum absolute atomic E-state index is 0.467. The third kappa shape index (κ3) is 5.08. The molecule has 1 aromatic heterocycles. The summed E-state index contributed by atoms with van der Waals surface area (Å²) in [6, 6.07) is 15.4. The van der Waals surface area contributed by atoms with Crippen molar-refractivity contribution in [3.05, 3.63) is 58.3 Å². The topological polar surface area (TPSA) is 15.3 Å². The number of nitrogens with one attached hydrogen (secondary N) is 1. The molecule has 3 heteroatoms. The van der Waals surface area contributed by atoms with E-state index in [1.807, 2.05) is 11.3 Å². The van der Waals surface area contributed by atoms with Crippen molar-refractivity contribution in [2.24, 2.45) is 0 Å². The van der Waals surface area contributed by atoms with Crippen LogP contribution in [0.5, 0.6) is 0 Å². The zero-order valence-electron chi connectivity index (χ0n) is 12.4. The van der Waals surface area contributed by atoms with Gasteiger partial charge in [0.25, 0.3) is 0 Å². The highest BCUT2D eigenvalue weighted by atomic mass is 32.1. The van der Waals surface area contributed by atoms with E-state index in [1.54, 1.807) is 0 Å². The third-order valence-electron chi connectivity index (χ3n) is 3.43. The van der Waals surface area contributed by atoms with E-state index < -0.39 is 0 Å². The van der Waals surface area contributed by atoms with E-state index in [1.165, 1.54) is 16.9 Å². The maximum absolute atomic E-state index is 3.59. The molecule has 0 bridgehead atoms. The Hall–Kier alpha value is -1.16. The Balaban J connectivity index is 1.61. The normalized spacial score (nSPS) is 12.8. The molecule has 108 valence electrons. The first-order valence-corrected chi connectivity index (χ1v) is 8.13. The molecular formula is C17H24N2S. The van der Waals surface area contributed by atoms with Crippen LogP contribution in [0, 0.1) is 0 Å². The summed E-state index contributed by atoms with van der Waals surface area (Å²) >= 11 is 1.82. The molecule has 0 aliphatic heterocycles. The average Bonchev–Trinajstić information content (AvgIpc) is 2.99. The van der Waals surface area contributed by atoms with Crippen LogP contribution in [0.15, 0.2) is 47.8 Å². The summed E-state index contributed by atoms with van der Waals surface area (Å²) in [5.41, 5.74) is 1.38. The van der Waals surface area contributed by atoms with E-state index in [0.29, 0.717) is 6.04 Å². The largest absolute Gasteiger partial charge is 0.309 e. The van der Waals surface area contributed by atoms with Crippen molar-refractivity contribution in [2.75, 3.05) is 20.1 Å². The lowest BCUT2D eigenvalue weighted by molar-refractivity contribution is 0.317. The van der Waals surface area contributed by atoms with Gasteiger partial charge < -0.3 is 10.2 Å². The molecule has 20 heavy (non-hydrogen) atoms. The zero-order valence-corrected chi connectivity index (χ0v) is 13.2. The van der Waals surface area contributed by atoms with Gasteiger partial charge in [-0.2, -0.15) is 0 Å². The molecule has 0 spiro atoms. The molecule has 0 aliphatic rings. The average molecular weight is 288 g/mol. The van der Waals surface area contributed by atoms with Crippen LogP contribution in [0.1, 0.15) is 29.8 Å². The Morgan fingerprint density at radius 2 is 1.95 bits per heavy atom. The zero-order chi connectivity index (χ0) is 14.2. The van der Waals surface area contributed by atoms with Gasteiger partial charge in [-0.15, -0.1) is 11.3 Å². The molecule has 1 aromatic carbocycles. The summed E-state index contributed by atoms with van der Waals surface area (Å²) in [7, 11) is 2.19. The molecule has 2 nitrogen and oxygen atoms in total. The van der Waals surface area contributed by atoms with Gasteiger partial charge >= 0.3 is 0 Å². The van der Waals surface area contributed by atoms with Crippen molar-refractivity contribution in [3.8, 4) is 0 Å². The molecule has 0 saturated heterocycles. The number of hydrogen-bond acceptors (Lipinski definition) is 3. The number of thiophene rings is 1. The first-order valence-electron chi connectivity index (χ1n) is 7.25. The van der Waals surface area contributed by atoms with Crippen molar-refractivity contribution in [2.45, 2.75) is 25.9 Å². The van der Waals surface area contributed by atoms with Gasteiger partial charge in [0.2, 0.25) is 0 Å². The van der Waals surface area contributed by atoms with Crippen molar-refractivity contribution < 1.29 is 0 Å². The van der Waals surface area contributed by atoms with Gasteiger partial charge in [-0.25, -0.2) is 0 Å². The van der Waals surface area contributed by atoms with E-state index >= 15 is 0 Å². The monoisotopic (exact) mass is 288 g/mol. The summed E-state index contributed by atoms with van der Waals surface area (Å²) < 4.78 is 0. The molecule has 0 amide bonds. The van der Waals surface area contributed by atoms with Crippen LogP contribution < -0.4 is 5.32 Å². The molecule has 2 aromatic rings. The number of nitrogens with zero attached hydrogens (tertiary/aromatic N) is 1. The molecule has 0 radical (unpaired) electrons. The van der Waals surface area contributed by atoms with Gasteiger partial charge in [-0.3, -0.25) is 0 Å². The Bertz CT molecular complexity index is 467. The van der Waals surface area contributed by atoms with Crippen LogP contribution in [0.2, 0.25) is 0 Å². The van der Waals surface area contributed by atoms with Crippen LogP contribution in [0.25, 0.3) is 0 Å². The predicted octanol–water partition coefficient (Wildman–Crippen LogP) is 3.92. The van der Waals surface area contributed by atoms with Crippen LogP contribution in [-0.2, 0) is 6.54 Å². The molecule has 1 atom stereocenters. The summed E-state index contributed by atoms with van der Waals surface area (Å²) in [6.07, 6.45) is 1.18. The highest BCUT2D eigenvalue weighted by molar-refractivity contribution is 7.10. The lowest BCUT2D eigenvalue weighted by Gasteiger charge is -2.18. The smallest absolute Gasteiger partial charge is 0.0386 e. The van der Waals surface area contributed by atoms with Gasteiger partial charge in [-0.1, -0.05) is 36.4 Å². The van der Waals surface area contributed by atoms with Gasteiger partial charge in [0.1, 0.15) is 0 Å². The van der Waals surface area contributed by atoms with Crippen molar-refractivity contribution in [1.29, 1.82) is 0 Å². The van der Waals surface area contributed by atoms with E-state index in [2.05, 4.69) is 72.0 Å². The molecule has 1 heterocycles. The summed E-state index contributed by atoms with van der Waals surface area (Å²) in [6.45, 7) is 5.46. The van der Waals surface area contributed by atoms with Crippen LogP contribution >= 0.6 is 11.3 Å². The highest BCUT2D eigenvalue weighted by Gasteiger charge is 2.05. The van der Waals surface area contributed by atoms with Crippen molar-refractivity contribution in [3.63, 3.8) is 0 Å².